The molecule has 0 saturated heterocycles. The Morgan fingerprint density at radius 3 is 2.89 bits per heavy atom. The van der Waals surface area contributed by atoms with Crippen LogP contribution in [0.2, 0.25) is 0 Å². The molecule has 0 spiro atoms. The van der Waals surface area contributed by atoms with Crippen LogP contribution in [0.25, 0.3) is 21.0 Å². The Balaban J connectivity index is 1.63. The van der Waals surface area contributed by atoms with Crippen molar-refractivity contribution >= 4 is 49.7 Å². The highest BCUT2D eigenvalue weighted by Crippen LogP contribution is 2.38. The molecule has 4 N–H and O–H groups in total. The largest absolute Gasteiger partial charge is 0.454 e. The fourth-order valence-corrected chi connectivity index (χ4v) is 4.11. The van der Waals surface area contributed by atoms with E-state index in [1.54, 1.807) is 11.3 Å². The molecule has 2 aromatic heterocycles. The van der Waals surface area contributed by atoms with Crippen LogP contribution in [0.5, 0.6) is 11.5 Å². The first-order valence-corrected chi connectivity index (χ1v) is 9.29. The first-order valence-electron chi connectivity index (χ1n) is 8.41. The minimum absolute atomic E-state index is 0.176. The molecule has 0 aliphatic carbocycles. The second kappa shape index (κ2) is 6.46. The van der Waals surface area contributed by atoms with Crippen LogP contribution in [-0.2, 0) is 0 Å². The van der Waals surface area contributed by atoms with Gasteiger partial charge < -0.3 is 20.5 Å². The van der Waals surface area contributed by atoms with Gasteiger partial charge in [0.1, 0.15) is 5.82 Å². The highest BCUT2D eigenvalue weighted by Gasteiger charge is 2.15. The van der Waals surface area contributed by atoms with Crippen LogP contribution in [0.3, 0.4) is 0 Å². The Kier molecular flexibility index (Phi) is 3.80. The number of nitrogens with one attached hydrogen (secondary N) is 2. The fourth-order valence-electron chi connectivity index (χ4n) is 3.18. The molecule has 1 aliphatic heterocycles. The molecule has 8 nitrogen and oxygen atoms in total. The summed E-state index contributed by atoms with van der Waals surface area (Å²) in [5, 5.41) is 14.1. The zero-order valence-electron chi connectivity index (χ0n) is 14.5. The van der Waals surface area contributed by atoms with Crippen molar-refractivity contribution in [2.75, 3.05) is 12.1 Å². The van der Waals surface area contributed by atoms with Crippen LogP contribution >= 0.6 is 11.3 Å². The number of nitrogens with zero attached hydrogens (tertiary/aromatic N) is 3. The van der Waals surface area contributed by atoms with Crippen molar-refractivity contribution in [3.8, 4) is 11.5 Å². The molecule has 0 fully saturated rings. The number of pyridine rings is 1. The predicted octanol–water partition coefficient (Wildman–Crippen LogP) is 4.57. The minimum atomic E-state index is 0.176. The van der Waals surface area contributed by atoms with Gasteiger partial charge in [-0.15, -0.1) is 16.4 Å². The van der Waals surface area contributed by atoms with Gasteiger partial charge in [0.15, 0.2) is 17.3 Å². The zero-order chi connectivity index (χ0) is 19.1. The van der Waals surface area contributed by atoms with Gasteiger partial charge in [-0.25, -0.2) is 4.98 Å². The molecule has 0 radical (unpaired) electrons. The SMILES string of the molecule is N=N/N=C(\N)c1ccc2c(c1)nc(Nc1ccc3c(c1)OCO3)c1ccsc12. The Labute approximate surface area is 163 Å². The number of fused-ring (bicyclic) bond motifs is 4. The number of hydrogen-bond donors (Lipinski definition) is 3. The van der Waals surface area contributed by atoms with Crippen LogP contribution in [0.15, 0.2) is 58.2 Å². The maximum Gasteiger partial charge on any atom is 0.231 e. The number of rotatable bonds is 4. The highest BCUT2D eigenvalue weighted by molar-refractivity contribution is 7.18. The molecule has 0 saturated carbocycles. The molecule has 0 bridgehead atoms. The molecule has 28 heavy (non-hydrogen) atoms. The summed E-state index contributed by atoms with van der Waals surface area (Å²) in [4.78, 5) is 4.80. The molecular weight excluding hydrogens is 376 g/mol. The lowest BCUT2D eigenvalue weighted by Gasteiger charge is -2.11. The number of aromatic nitrogens is 1. The fraction of sp³-hybridized carbons (Fsp3) is 0.0526. The van der Waals surface area contributed by atoms with E-state index in [2.05, 4.69) is 15.6 Å². The summed E-state index contributed by atoms with van der Waals surface area (Å²) in [6, 6.07) is 13.4. The molecule has 3 heterocycles. The average Bonchev–Trinajstić information content (AvgIpc) is 3.37. The topological polar surface area (TPSA) is 118 Å². The lowest BCUT2D eigenvalue weighted by molar-refractivity contribution is 0.174. The van der Waals surface area contributed by atoms with E-state index in [0.29, 0.717) is 11.3 Å². The van der Waals surface area contributed by atoms with Crippen molar-refractivity contribution in [2.45, 2.75) is 0 Å². The van der Waals surface area contributed by atoms with Crippen molar-refractivity contribution in [3.63, 3.8) is 0 Å². The number of anilines is 2. The Morgan fingerprint density at radius 1 is 1.11 bits per heavy atom. The van der Waals surface area contributed by atoms with Crippen molar-refractivity contribution in [1.29, 1.82) is 5.53 Å². The summed E-state index contributed by atoms with van der Waals surface area (Å²) in [6.45, 7) is 0.234. The summed E-state index contributed by atoms with van der Waals surface area (Å²) in [7, 11) is 0. The smallest absolute Gasteiger partial charge is 0.231 e. The van der Waals surface area contributed by atoms with Gasteiger partial charge in [0.25, 0.3) is 0 Å². The zero-order valence-corrected chi connectivity index (χ0v) is 15.3. The van der Waals surface area contributed by atoms with Crippen molar-refractivity contribution in [3.05, 3.63) is 53.4 Å². The van der Waals surface area contributed by atoms with E-state index in [0.717, 1.165) is 38.2 Å². The second-order valence-electron chi connectivity index (χ2n) is 6.13. The molecule has 0 amide bonds. The van der Waals surface area contributed by atoms with E-state index in [9.17, 15) is 0 Å². The van der Waals surface area contributed by atoms with Gasteiger partial charge in [0.2, 0.25) is 6.79 Å². The van der Waals surface area contributed by atoms with Gasteiger partial charge >= 0.3 is 0 Å². The van der Waals surface area contributed by atoms with Crippen molar-refractivity contribution in [1.82, 2.24) is 4.98 Å². The highest BCUT2D eigenvalue weighted by atomic mass is 32.1. The van der Waals surface area contributed by atoms with Gasteiger partial charge in [0.05, 0.1) is 5.52 Å². The van der Waals surface area contributed by atoms with E-state index in [4.69, 9.17) is 25.7 Å². The van der Waals surface area contributed by atoms with Crippen LogP contribution in [0, 0.1) is 5.53 Å². The van der Waals surface area contributed by atoms with Gasteiger partial charge in [0, 0.05) is 32.8 Å². The minimum Gasteiger partial charge on any atom is -0.454 e. The number of ether oxygens (including phenoxy) is 2. The monoisotopic (exact) mass is 390 g/mol. The molecule has 2 aromatic carbocycles. The van der Waals surface area contributed by atoms with Crippen LogP contribution in [-0.4, -0.2) is 17.6 Å². The Morgan fingerprint density at radius 2 is 2.00 bits per heavy atom. The van der Waals surface area contributed by atoms with Gasteiger partial charge in [-0.3, -0.25) is 0 Å². The molecular formula is C19H14N6O2S. The van der Waals surface area contributed by atoms with Gasteiger partial charge in [-0.05, 0) is 29.6 Å². The third kappa shape index (κ3) is 2.69. The van der Waals surface area contributed by atoms with Crippen LogP contribution < -0.4 is 20.5 Å². The third-order valence-electron chi connectivity index (χ3n) is 4.48. The van der Waals surface area contributed by atoms with Gasteiger partial charge in [-0.1, -0.05) is 17.4 Å². The molecule has 4 aromatic rings. The number of nitrogens with two attached hydrogens (primary N) is 1. The number of thiophene rings is 1. The normalized spacial score (nSPS) is 13.2. The summed E-state index contributed by atoms with van der Waals surface area (Å²) < 4.78 is 11.9. The molecule has 9 heteroatoms. The van der Waals surface area contributed by atoms with E-state index in [-0.39, 0.29) is 12.6 Å². The van der Waals surface area contributed by atoms with Crippen molar-refractivity contribution in [2.24, 2.45) is 16.1 Å². The summed E-state index contributed by atoms with van der Waals surface area (Å²) >= 11 is 1.65. The lowest BCUT2D eigenvalue weighted by Crippen LogP contribution is -2.12. The van der Waals surface area contributed by atoms with E-state index in [1.165, 1.54) is 0 Å². The number of amidine groups is 1. The molecule has 0 unspecified atom stereocenters. The van der Waals surface area contributed by atoms with Gasteiger partial charge in [-0.2, -0.15) is 5.53 Å². The molecule has 5 rings (SSSR count). The second-order valence-corrected chi connectivity index (χ2v) is 7.05. The number of benzene rings is 2. The third-order valence-corrected chi connectivity index (χ3v) is 5.43. The van der Waals surface area contributed by atoms with E-state index >= 15 is 0 Å². The lowest BCUT2D eigenvalue weighted by atomic mass is 10.1. The first-order chi connectivity index (χ1) is 13.7. The Hall–Kier alpha value is -3.72. The summed E-state index contributed by atoms with van der Waals surface area (Å²) in [5.74, 6) is 2.35. The average molecular weight is 390 g/mol. The Bertz CT molecular complexity index is 1270. The number of hydrogen-bond acceptors (Lipinski definition) is 7. The standard InChI is InChI=1S/C19H14N6O2S/c20-18(24-25-21)10-1-3-12-14(7-10)23-19(13-5-6-28-17(12)13)22-11-2-4-15-16(8-11)27-9-26-15/h1-8H,9H2,(H,22,23)(H3,20,21,24). The van der Waals surface area contributed by atoms with E-state index in [1.807, 2.05) is 47.8 Å². The molecule has 0 atom stereocenters. The molecule has 138 valence electrons. The quantitative estimate of drug-likeness (QED) is 0.204. The summed E-state index contributed by atoms with van der Waals surface area (Å²) in [5.41, 5.74) is 15.0. The van der Waals surface area contributed by atoms with Crippen LogP contribution in [0.4, 0.5) is 11.5 Å². The van der Waals surface area contributed by atoms with Crippen molar-refractivity contribution < 1.29 is 9.47 Å². The maximum absolute atomic E-state index is 6.86. The maximum atomic E-state index is 6.86. The molecule has 1 aliphatic rings. The first kappa shape index (κ1) is 16.5. The predicted molar refractivity (Wildman–Crippen MR) is 109 cm³/mol. The van der Waals surface area contributed by atoms with Crippen LogP contribution in [0.1, 0.15) is 5.56 Å². The summed E-state index contributed by atoms with van der Waals surface area (Å²) in [6.07, 6.45) is 0. The van der Waals surface area contributed by atoms with E-state index < -0.39 is 0 Å².